The van der Waals surface area contributed by atoms with E-state index in [9.17, 15) is 43.2 Å². The summed E-state index contributed by atoms with van der Waals surface area (Å²) in [6, 6.07) is 0. The lowest BCUT2D eigenvalue weighted by Crippen LogP contribution is -2.30. The number of carbonyl (C=O) groups is 4. The third kappa shape index (κ3) is 70.9. The molecule has 3 N–H and O–H groups in total. The largest absolute Gasteiger partial charge is 0.472 e. The number of carbonyl (C=O) groups excluding carboxylic acids is 4. The van der Waals surface area contributed by atoms with Crippen molar-refractivity contribution in [2.75, 3.05) is 39.6 Å². The van der Waals surface area contributed by atoms with Crippen molar-refractivity contribution < 1.29 is 80.2 Å². The van der Waals surface area contributed by atoms with Crippen molar-refractivity contribution in [3.05, 3.63) is 0 Å². The van der Waals surface area contributed by atoms with E-state index in [0.29, 0.717) is 25.7 Å². The zero-order chi connectivity index (χ0) is 71.2. The summed E-state index contributed by atoms with van der Waals surface area (Å²) in [4.78, 5) is 72.8. The van der Waals surface area contributed by atoms with E-state index < -0.39 is 97.5 Å². The molecule has 0 aliphatic heterocycles. The Hall–Kier alpha value is -1.94. The molecule has 0 radical (unpaired) electrons. The molecule has 0 heterocycles. The van der Waals surface area contributed by atoms with Gasteiger partial charge >= 0.3 is 39.5 Å². The van der Waals surface area contributed by atoms with Gasteiger partial charge in [0.05, 0.1) is 26.4 Å². The molecule has 6 atom stereocenters. The van der Waals surface area contributed by atoms with Crippen LogP contribution < -0.4 is 0 Å². The maximum atomic E-state index is 13.1. The summed E-state index contributed by atoms with van der Waals surface area (Å²) < 4.78 is 68.5. The van der Waals surface area contributed by atoms with Crippen molar-refractivity contribution in [2.45, 2.75) is 432 Å². The molecule has 0 aliphatic carbocycles. The van der Waals surface area contributed by atoms with Crippen LogP contribution in [-0.4, -0.2) is 96.7 Å². The van der Waals surface area contributed by atoms with Gasteiger partial charge in [-0.15, -0.1) is 0 Å². The van der Waals surface area contributed by atoms with E-state index in [1.807, 2.05) is 0 Å². The van der Waals surface area contributed by atoms with Crippen molar-refractivity contribution >= 4 is 39.5 Å². The lowest BCUT2D eigenvalue weighted by Gasteiger charge is -2.21. The van der Waals surface area contributed by atoms with Gasteiger partial charge in [0.15, 0.2) is 12.2 Å². The summed E-state index contributed by atoms with van der Waals surface area (Å²) in [5.41, 5.74) is 0. The van der Waals surface area contributed by atoms with E-state index in [4.69, 9.17) is 37.0 Å². The first-order valence-corrected chi connectivity index (χ1v) is 43.7. The maximum Gasteiger partial charge on any atom is 0.472 e. The Morgan fingerprint density at radius 3 is 0.732 bits per heavy atom. The number of phosphoric ester groups is 2. The van der Waals surface area contributed by atoms with Crippen LogP contribution in [-0.2, 0) is 65.4 Å². The summed E-state index contributed by atoms with van der Waals surface area (Å²) in [5.74, 6) is -1.31. The second-order valence-electron chi connectivity index (χ2n) is 28.3. The number of hydrogen-bond acceptors (Lipinski definition) is 15. The van der Waals surface area contributed by atoms with Crippen molar-refractivity contribution in [3.63, 3.8) is 0 Å². The number of hydrogen-bond donors (Lipinski definition) is 3. The molecule has 0 saturated carbocycles. The normalized spacial score (nSPS) is 14.2. The molecule has 0 bridgehead atoms. The zero-order valence-corrected chi connectivity index (χ0v) is 65.0. The molecule has 0 aromatic carbocycles. The average Bonchev–Trinajstić information content (AvgIpc) is 1.03. The summed E-state index contributed by atoms with van der Waals surface area (Å²) in [6.07, 6.45) is 61.0. The van der Waals surface area contributed by atoms with Crippen LogP contribution in [0.5, 0.6) is 0 Å². The fourth-order valence-corrected chi connectivity index (χ4v) is 13.6. The van der Waals surface area contributed by atoms with Gasteiger partial charge in [-0.3, -0.25) is 37.3 Å². The molecule has 0 rings (SSSR count). The third-order valence-corrected chi connectivity index (χ3v) is 20.5. The summed E-state index contributed by atoms with van der Waals surface area (Å²) >= 11 is 0. The number of rotatable bonds is 78. The van der Waals surface area contributed by atoms with E-state index in [1.165, 1.54) is 231 Å². The molecule has 0 aromatic heterocycles. The van der Waals surface area contributed by atoms with Gasteiger partial charge in [-0.2, -0.15) is 0 Å². The molecule has 0 amide bonds. The van der Waals surface area contributed by atoms with E-state index >= 15 is 0 Å². The van der Waals surface area contributed by atoms with Crippen LogP contribution in [0.3, 0.4) is 0 Å². The summed E-state index contributed by atoms with van der Waals surface area (Å²) in [5, 5.41) is 10.6. The van der Waals surface area contributed by atoms with Crippen LogP contribution in [0, 0.1) is 5.92 Å². The molecule has 3 unspecified atom stereocenters. The fourth-order valence-electron chi connectivity index (χ4n) is 12.0. The highest BCUT2D eigenvalue weighted by molar-refractivity contribution is 7.47. The number of aliphatic hydroxyl groups excluding tert-OH is 1. The van der Waals surface area contributed by atoms with Crippen LogP contribution >= 0.6 is 15.6 Å². The van der Waals surface area contributed by atoms with Gasteiger partial charge < -0.3 is 33.8 Å². The van der Waals surface area contributed by atoms with E-state index in [1.54, 1.807) is 0 Å². The van der Waals surface area contributed by atoms with Crippen LogP contribution in [0.1, 0.15) is 413 Å². The minimum Gasteiger partial charge on any atom is -0.462 e. The SMILES string of the molecule is CCCCCCCCCCCCCCCCCCCCCCC(=O)O[C@H](COC(=O)CCCCCCCCCCCCCCCCC)COP(=O)(O)OC[C@@H](O)COP(=O)(O)OC[C@@H](COC(=O)CCCCCCCCCC)OC(=O)CCCCCCCCCCCCC(C)CC. The molecule has 0 spiro atoms. The topological polar surface area (TPSA) is 237 Å². The van der Waals surface area contributed by atoms with Crippen molar-refractivity contribution in [1.29, 1.82) is 0 Å². The first-order valence-electron chi connectivity index (χ1n) is 40.7. The van der Waals surface area contributed by atoms with Crippen LogP contribution in [0.25, 0.3) is 0 Å². The molecule has 0 saturated heterocycles. The quantitative estimate of drug-likeness (QED) is 0.0222. The Morgan fingerprint density at radius 2 is 0.495 bits per heavy atom. The predicted molar refractivity (Wildman–Crippen MR) is 395 cm³/mol. The maximum absolute atomic E-state index is 13.1. The fraction of sp³-hybridized carbons (Fsp3) is 0.949. The first-order chi connectivity index (χ1) is 47.1. The molecule has 17 nitrogen and oxygen atoms in total. The van der Waals surface area contributed by atoms with Crippen molar-refractivity contribution in [2.24, 2.45) is 5.92 Å². The van der Waals surface area contributed by atoms with E-state index in [-0.39, 0.29) is 25.7 Å². The Bertz CT molecular complexity index is 1860. The lowest BCUT2D eigenvalue weighted by atomic mass is 9.99. The summed E-state index contributed by atoms with van der Waals surface area (Å²) in [7, 11) is -9.91. The van der Waals surface area contributed by atoms with Gasteiger partial charge in [-0.05, 0) is 31.6 Å². The minimum absolute atomic E-state index is 0.106. The number of ether oxygens (including phenoxy) is 4. The first kappa shape index (κ1) is 95.1. The lowest BCUT2D eigenvalue weighted by molar-refractivity contribution is -0.161. The molecule has 0 fully saturated rings. The summed E-state index contributed by atoms with van der Waals surface area (Å²) in [6.45, 7) is 7.31. The van der Waals surface area contributed by atoms with Crippen molar-refractivity contribution in [1.82, 2.24) is 0 Å². The molecule has 0 aliphatic rings. The predicted octanol–water partition coefficient (Wildman–Crippen LogP) is 23.3. The standard InChI is InChI=1S/C78H152O17P2/c1-6-10-13-16-19-22-24-26-28-29-30-31-32-34-36-38-43-48-53-58-63-77(82)95-74(68-89-76(81)62-57-52-47-42-37-35-33-27-25-23-20-17-14-11-7-2)70-93-97(86,87)91-66-72(79)65-90-96(84,85)92-69-73(67-88-75(80)61-56-51-46-21-18-15-12-8-3)94-78(83)64-59-54-49-44-40-39-41-45-50-55-60-71(5)9-4/h71-74,79H,6-70H2,1-5H3,(H,84,85)(H,86,87)/t71?,72-,73+,74+/m0/s1. The Labute approximate surface area is 594 Å². The highest BCUT2D eigenvalue weighted by Gasteiger charge is 2.30. The third-order valence-electron chi connectivity index (χ3n) is 18.6. The van der Waals surface area contributed by atoms with Crippen LogP contribution in [0.2, 0.25) is 0 Å². The highest BCUT2D eigenvalue weighted by atomic mass is 31.2. The molecule has 576 valence electrons. The molecule has 97 heavy (non-hydrogen) atoms. The molecule has 19 heteroatoms. The van der Waals surface area contributed by atoms with Gasteiger partial charge in [0.25, 0.3) is 0 Å². The number of esters is 4. The monoisotopic (exact) mass is 1420 g/mol. The number of aliphatic hydroxyl groups is 1. The van der Waals surface area contributed by atoms with Gasteiger partial charge in [0.2, 0.25) is 0 Å². The Balaban J connectivity index is 5.20. The molecule has 0 aromatic rings. The Morgan fingerprint density at radius 1 is 0.289 bits per heavy atom. The van der Waals surface area contributed by atoms with Gasteiger partial charge in [-0.25, -0.2) is 9.13 Å². The van der Waals surface area contributed by atoms with Crippen molar-refractivity contribution in [3.8, 4) is 0 Å². The second-order valence-corrected chi connectivity index (χ2v) is 31.3. The second kappa shape index (κ2) is 71.1. The van der Waals surface area contributed by atoms with Crippen LogP contribution in [0.4, 0.5) is 0 Å². The number of unbranched alkanes of at least 4 members (excludes halogenated alkanes) is 49. The Kier molecular flexibility index (Phi) is 69.6. The minimum atomic E-state index is -4.96. The number of phosphoric acid groups is 2. The van der Waals surface area contributed by atoms with Crippen LogP contribution in [0.15, 0.2) is 0 Å². The van der Waals surface area contributed by atoms with Gasteiger partial charge in [-0.1, -0.05) is 362 Å². The van der Waals surface area contributed by atoms with Gasteiger partial charge in [0.1, 0.15) is 19.3 Å². The van der Waals surface area contributed by atoms with E-state index in [2.05, 4.69) is 34.6 Å². The van der Waals surface area contributed by atoms with Gasteiger partial charge in [0, 0.05) is 25.7 Å². The highest BCUT2D eigenvalue weighted by Crippen LogP contribution is 2.45. The average molecular weight is 1420 g/mol. The zero-order valence-electron chi connectivity index (χ0n) is 63.2. The molecular weight excluding hydrogens is 1270 g/mol. The smallest absolute Gasteiger partial charge is 0.462 e. The molecular formula is C78H152O17P2. The van der Waals surface area contributed by atoms with E-state index in [0.717, 1.165) is 102 Å².